The molecule has 3 heterocycles. The molecule has 70 heavy (non-hydrogen) atoms. The molecular formula is C60H57NO9. The van der Waals surface area contributed by atoms with E-state index in [0.29, 0.717) is 53.3 Å². The summed E-state index contributed by atoms with van der Waals surface area (Å²) >= 11 is 0. The van der Waals surface area contributed by atoms with Crippen molar-refractivity contribution < 1.29 is 42.8 Å². The van der Waals surface area contributed by atoms with Crippen LogP contribution in [0.25, 0.3) is 0 Å². The first-order chi connectivity index (χ1) is 34.1. The van der Waals surface area contributed by atoms with Crippen LogP contribution < -0.4 is 0 Å². The van der Waals surface area contributed by atoms with E-state index in [1.807, 2.05) is 187 Å². The molecule has 0 saturated heterocycles. The molecule has 0 fully saturated rings. The fraction of sp³-hybridized carbons (Fsp3) is 0.250. The van der Waals surface area contributed by atoms with E-state index in [1.165, 1.54) is 0 Å². The normalized spacial score (nSPS) is 16.6. The Morgan fingerprint density at radius 3 is 0.771 bits per heavy atom. The minimum absolute atomic E-state index is 0.0186. The average Bonchev–Trinajstić information content (AvgIpc) is 4.09. The summed E-state index contributed by atoms with van der Waals surface area (Å²) in [7, 11) is 0. The molecule has 6 aromatic rings. The number of ether oxygens (including phenoxy) is 6. The number of carbonyl (C=O) groups is 3. The Hall–Kier alpha value is -7.69. The molecule has 9 rings (SSSR count). The Morgan fingerprint density at radius 2 is 0.571 bits per heavy atom. The monoisotopic (exact) mass is 935 g/mol. The smallest absolute Gasteiger partial charge is 0.337 e. The lowest BCUT2D eigenvalue weighted by molar-refractivity contribution is -0.140. The molecule has 3 aliphatic heterocycles. The van der Waals surface area contributed by atoms with Crippen molar-refractivity contribution in [1.29, 1.82) is 0 Å². The summed E-state index contributed by atoms with van der Waals surface area (Å²) in [5.41, 5.74) is 4.29. The number of nitrogens with zero attached hydrogens (tertiary/aromatic N) is 1. The zero-order valence-electron chi connectivity index (χ0n) is 39.8. The van der Waals surface area contributed by atoms with Crippen molar-refractivity contribution in [2.24, 2.45) is 0 Å². The van der Waals surface area contributed by atoms with E-state index < -0.39 is 34.7 Å². The maximum Gasteiger partial charge on any atom is 0.337 e. The van der Waals surface area contributed by atoms with Crippen LogP contribution in [0.1, 0.15) is 73.4 Å². The molecule has 0 unspecified atom stereocenters. The van der Waals surface area contributed by atoms with Gasteiger partial charge in [-0.1, -0.05) is 182 Å². The summed E-state index contributed by atoms with van der Waals surface area (Å²) < 4.78 is 37.7. The molecule has 0 radical (unpaired) electrons. The topological polar surface area (TPSA) is 110 Å². The van der Waals surface area contributed by atoms with Crippen molar-refractivity contribution in [3.8, 4) is 0 Å². The number of hydrogen-bond donors (Lipinski definition) is 0. The number of esters is 3. The van der Waals surface area contributed by atoms with Crippen LogP contribution in [0.3, 0.4) is 0 Å². The van der Waals surface area contributed by atoms with E-state index in [1.54, 1.807) is 20.8 Å². The fourth-order valence-corrected chi connectivity index (χ4v) is 9.95. The Bertz CT molecular complexity index is 2450. The number of allylic oxidation sites excluding steroid dienone is 3. The van der Waals surface area contributed by atoms with Gasteiger partial charge < -0.3 is 28.4 Å². The molecule has 3 aliphatic rings. The van der Waals surface area contributed by atoms with Crippen LogP contribution in [-0.4, -0.2) is 62.3 Å². The number of hydrogen-bond acceptors (Lipinski definition) is 10. The van der Waals surface area contributed by atoms with E-state index in [-0.39, 0.29) is 39.5 Å². The lowest BCUT2D eigenvalue weighted by atomic mass is 9.82. The van der Waals surface area contributed by atoms with E-state index in [4.69, 9.17) is 28.4 Å². The maximum absolute atomic E-state index is 13.9. The molecule has 0 bridgehead atoms. The van der Waals surface area contributed by atoms with Crippen LogP contribution in [0.15, 0.2) is 216 Å². The first-order valence-corrected chi connectivity index (χ1v) is 23.8. The lowest BCUT2D eigenvalue weighted by Crippen LogP contribution is -2.35. The van der Waals surface area contributed by atoms with Crippen LogP contribution in [0.4, 0.5) is 0 Å². The van der Waals surface area contributed by atoms with E-state index in [2.05, 4.69) is 0 Å². The highest BCUT2D eigenvalue weighted by molar-refractivity contribution is 5.91. The van der Waals surface area contributed by atoms with Gasteiger partial charge in [0.05, 0.1) is 16.7 Å². The molecule has 0 aromatic heterocycles. The fourth-order valence-electron chi connectivity index (χ4n) is 9.95. The highest BCUT2D eigenvalue weighted by Crippen LogP contribution is 2.49. The summed E-state index contributed by atoms with van der Waals surface area (Å²) in [6.45, 7) is 6.25. The van der Waals surface area contributed by atoms with Gasteiger partial charge in [-0.3, -0.25) is 4.90 Å². The SMILES string of the molecule is CC1=C(C(=O)OCCN(CCOC(=O)C2=C(C)OC(c3ccccc3)(c3ccccc3)C2)CCOC(=O)C2=C(C)OC(c3ccccc3)(c3ccccc3)C2)CC(c2ccccc2)(c2ccccc2)O1. The van der Waals surface area contributed by atoms with Crippen LogP contribution in [0.2, 0.25) is 0 Å². The second-order valence-corrected chi connectivity index (χ2v) is 17.9. The van der Waals surface area contributed by atoms with Crippen molar-refractivity contribution in [2.75, 3.05) is 39.5 Å². The van der Waals surface area contributed by atoms with E-state index in [0.717, 1.165) is 33.4 Å². The maximum atomic E-state index is 13.9. The molecule has 0 saturated carbocycles. The van der Waals surface area contributed by atoms with Gasteiger partial charge >= 0.3 is 17.9 Å². The third kappa shape index (κ3) is 9.65. The summed E-state index contributed by atoms with van der Waals surface area (Å²) in [5, 5.41) is 0. The molecule has 0 atom stereocenters. The van der Waals surface area contributed by atoms with Gasteiger partial charge in [-0.25, -0.2) is 14.4 Å². The quantitative estimate of drug-likeness (QED) is 0.0610. The predicted molar refractivity (Wildman–Crippen MR) is 266 cm³/mol. The van der Waals surface area contributed by atoms with Gasteiger partial charge in [0, 0.05) is 72.3 Å². The molecule has 10 heteroatoms. The predicted octanol–water partition coefficient (Wildman–Crippen LogP) is 10.8. The summed E-state index contributed by atoms with van der Waals surface area (Å²) in [6, 6.07) is 59.3. The molecular weight excluding hydrogens is 879 g/mol. The van der Waals surface area contributed by atoms with Gasteiger partial charge in [0.1, 0.15) is 37.1 Å². The lowest BCUT2D eigenvalue weighted by Gasteiger charge is -2.31. The number of carbonyl (C=O) groups excluding carboxylic acids is 3. The molecule has 6 aromatic carbocycles. The molecule has 0 spiro atoms. The third-order valence-corrected chi connectivity index (χ3v) is 13.6. The first-order valence-electron chi connectivity index (χ1n) is 23.8. The molecule has 0 aliphatic carbocycles. The molecule has 356 valence electrons. The second kappa shape index (κ2) is 20.9. The van der Waals surface area contributed by atoms with Crippen LogP contribution >= 0.6 is 0 Å². The Morgan fingerprint density at radius 1 is 0.371 bits per heavy atom. The van der Waals surface area contributed by atoms with Gasteiger partial charge in [-0.2, -0.15) is 0 Å². The molecule has 0 amide bonds. The standard InChI is InChI=1S/C60H57NO9/c1-43-52(40-58(68-43,46-22-10-4-11-23-46)47-24-12-5-13-25-47)55(62)65-37-34-61(35-38-66-56(63)53-41-59(69-44(53)2,48-26-14-6-15-27-48)49-28-16-7-17-29-49)36-39-67-57(64)54-42-60(70-45(54)3,50-30-18-8-19-31-50)51-32-20-9-21-33-51/h4-33H,34-42H2,1-3H3. The summed E-state index contributed by atoms with van der Waals surface area (Å²) in [6.07, 6.45) is 0.890. The van der Waals surface area contributed by atoms with Crippen LogP contribution in [-0.2, 0) is 59.6 Å². The Balaban J connectivity index is 0.873. The van der Waals surface area contributed by atoms with Crippen LogP contribution in [0.5, 0.6) is 0 Å². The first kappa shape index (κ1) is 47.4. The third-order valence-electron chi connectivity index (χ3n) is 13.6. The van der Waals surface area contributed by atoms with Crippen LogP contribution in [0, 0.1) is 0 Å². The summed E-state index contributed by atoms with van der Waals surface area (Å²) in [4.78, 5) is 43.7. The average molecular weight is 936 g/mol. The van der Waals surface area contributed by atoms with E-state index >= 15 is 0 Å². The zero-order valence-corrected chi connectivity index (χ0v) is 39.8. The van der Waals surface area contributed by atoms with Crippen molar-refractivity contribution in [3.63, 3.8) is 0 Å². The second-order valence-electron chi connectivity index (χ2n) is 17.9. The van der Waals surface area contributed by atoms with Crippen molar-refractivity contribution >= 4 is 17.9 Å². The Kier molecular flexibility index (Phi) is 14.1. The van der Waals surface area contributed by atoms with Gasteiger partial charge in [-0.15, -0.1) is 0 Å². The van der Waals surface area contributed by atoms with Crippen molar-refractivity contribution in [2.45, 2.75) is 56.8 Å². The van der Waals surface area contributed by atoms with E-state index in [9.17, 15) is 14.4 Å². The highest BCUT2D eigenvalue weighted by atomic mass is 16.6. The Labute approximate surface area is 409 Å². The van der Waals surface area contributed by atoms with Gasteiger partial charge in [0.25, 0.3) is 0 Å². The molecule has 10 nitrogen and oxygen atoms in total. The van der Waals surface area contributed by atoms with Gasteiger partial charge in [0.15, 0.2) is 16.8 Å². The number of benzene rings is 6. The zero-order chi connectivity index (χ0) is 48.6. The minimum atomic E-state index is -0.888. The summed E-state index contributed by atoms with van der Waals surface area (Å²) in [5.74, 6) is 0.0790. The van der Waals surface area contributed by atoms with Crippen molar-refractivity contribution in [3.05, 3.63) is 249 Å². The highest BCUT2D eigenvalue weighted by Gasteiger charge is 2.48. The van der Waals surface area contributed by atoms with Gasteiger partial charge in [-0.05, 0) is 20.8 Å². The number of rotatable bonds is 18. The molecule has 0 N–H and O–H groups in total. The largest absolute Gasteiger partial charge is 0.482 e. The van der Waals surface area contributed by atoms with Crippen molar-refractivity contribution in [1.82, 2.24) is 4.90 Å². The van der Waals surface area contributed by atoms with Gasteiger partial charge in [0.2, 0.25) is 0 Å². The minimum Gasteiger partial charge on any atom is -0.482 e.